The molecular formula is C28H45NO21. The SMILES string of the molecule is CC(=O)N[C@H]1C(O[C@@H]2OC(C(=O)O)[C@H](O)C(O)[C@@H]2O)[C@@H](O)C(CO)O[C@H]1O[C@H]1C(O)[C@@H](OC(C)=O)C(C)O[C@H]1O[C@H]1C(O)[C@@H](O)C(C)O[C@H]1O. The predicted octanol–water partition coefficient (Wildman–Crippen LogP) is -6.89. The van der Waals surface area contributed by atoms with Crippen LogP contribution in [0.25, 0.3) is 0 Å². The van der Waals surface area contributed by atoms with Crippen LogP contribution in [0, 0.1) is 0 Å². The molecular weight excluding hydrogens is 686 g/mol. The van der Waals surface area contributed by atoms with E-state index in [0.29, 0.717) is 0 Å². The molecule has 20 atom stereocenters. The molecule has 4 aliphatic rings. The Morgan fingerprint density at radius 3 is 1.82 bits per heavy atom. The van der Waals surface area contributed by atoms with E-state index in [-0.39, 0.29) is 0 Å². The average molecular weight is 732 g/mol. The zero-order valence-corrected chi connectivity index (χ0v) is 27.2. The summed E-state index contributed by atoms with van der Waals surface area (Å²) in [5.41, 5.74) is 0. The molecule has 0 saturated carbocycles. The summed E-state index contributed by atoms with van der Waals surface area (Å²) in [5.74, 6) is -3.38. The molecule has 4 rings (SSSR count). The standard InChI is InChI=1S/C28H45NO21/c1-6-12(33)15(36)22(25(42)43-6)49-28-23(18(39)19(7(2)44-28)45-9(4)32)50-26-11(29-8(3)31)20(13(34)10(5-30)46-26)47-27-17(38)14(35)16(37)21(48-27)24(40)41/h6-7,10-23,25-28,30,33-39,42H,5H2,1-4H3,(H,29,31)(H,40,41)/t6?,7?,10?,11-,12-,13-,14?,15?,16+,17-,18?,19-,20?,21?,22-,23-,25+,26-,27+,28-/m0/s1. The summed E-state index contributed by atoms with van der Waals surface area (Å²) < 4.78 is 44.6. The van der Waals surface area contributed by atoms with Crippen molar-refractivity contribution in [3.05, 3.63) is 0 Å². The van der Waals surface area contributed by atoms with Gasteiger partial charge in [-0.15, -0.1) is 0 Å². The molecule has 50 heavy (non-hydrogen) atoms. The lowest BCUT2D eigenvalue weighted by Gasteiger charge is -2.50. The van der Waals surface area contributed by atoms with Crippen LogP contribution in [0.2, 0.25) is 0 Å². The van der Waals surface area contributed by atoms with Gasteiger partial charge in [-0.3, -0.25) is 9.59 Å². The normalized spacial score (nSPS) is 48.4. The van der Waals surface area contributed by atoms with Crippen molar-refractivity contribution in [3.8, 4) is 0 Å². The average Bonchev–Trinajstić information content (AvgIpc) is 3.03. The number of aliphatic carboxylic acids is 1. The van der Waals surface area contributed by atoms with E-state index in [9.17, 15) is 65.4 Å². The first-order valence-corrected chi connectivity index (χ1v) is 15.7. The highest BCUT2D eigenvalue weighted by atomic mass is 16.8. The Morgan fingerprint density at radius 2 is 1.24 bits per heavy atom. The van der Waals surface area contributed by atoms with Crippen molar-refractivity contribution in [2.75, 3.05) is 6.61 Å². The third-order valence-corrected chi connectivity index (χ3v) is 8.77. The van der Waals surface area contributed by atoms with E-state index in [1.807, 2.05) is 0 Å². The highest BCUT2D eigenvalue weighted by molar-refractivity contribution is 5.73. The molecule has 0 aliphatic carbocycles. The molecule has 4 saturated heterocycles. The number of carbonyl (C=O) groups is 3. The van der Waals surface area contributed by atoms with Gasteiger partial charge in [0.1, 0.15) is 73.2 Å². The van der Waals surface area contributed by atoms with Crippen LogP contribution in [-0.2, 0) is 52.3 Å². The van der Waals surface area contributed by atoms with E-state index in [2.05, 4.69) is 5.32 Å². The Morgan fingerprint density at radius 1 is 0.620 bits per heavy atom. The van der Waals surface area contributed by atoms with Gasteiger partial charge in [0.15, 0.2) is 37.4 Å². The maximum absolute atomic E-state index is 12.4. The van der Waals surface area contributed by atoms with Crippen LogP contribution < -0.4 is 5.32 Å². The number of rotatable bonds is 10. The summed E-state index contributed by atoms with van der Waals surface area (Å²) in [6.07, 6.45) is -33.6. The maximum atomic E-state index is 12.4. The molecule has 22 nitrogen and oxygen atoms in total. The fraction of sp³-hybridized carbons (Fsp3) is 0.893. The third-order valence-electron chi connectivity index (χ3n) is 8.77. The van der Waals surface area contributed by atoms with Gasteiger partial charge in [-0.1, -0.05) is 0 Å². The summed E-state index contributed by atoms with van der Waals surface area (Å²) >= 11 is 0. The van der Waals surface area contributed by atoms with E-state index in [4.69, 9.17) is 37.9 Å². The number of carboxylic acid groups (broad SMARTS) is 1. The molecule has 4 aliphatic heterocycles. The zero-order chi connectivity index (χ0) is 37.4. The first-order valence-electron chi connectivity index (χ1n) is 15.7. The smallest absolute Gasteiger partial charge is 0.335 e. The monoisotopic (exact) mass is 731 g/mol. The summed E-state index contributed by atoms with van der Waals surface area (Å²) in [6.45, 7) is 3.90. The van der Waals surface area contributed by atoms with Crippen LogP contribution in [-0.4, -0.2) is 198 Å². The molecule has 288 valence electrons. The highest BCUT2D eigenvalue weighted by Crippen LogP contribution is 2.35. The number of carboxylic acids is 1. The summed E-state index contributed by atoms with van der Waals surface area (Å²) in [6, 6.07) is -1.68. The number of aliphatic hydroxyl groups is 9. The Hall–Kier alpha value is -2.23. The van der Waals surface area contributed by atoms with E-state index in [1.54, 1.807) is 0 Å². The fourth-order valence-electron chi connectivity index (χ4n) is 6.13. The lowest BCUT2D eigenvalue weighted by molar-refractivity contribution is -0.386. The molecule has 22 heteroatoms. The molecule has 8 unspecified atom stereocenters. The Kier molecular flexibility index (Phi) is 13.5. The van der Waals surface area contributed by atoms with Crippen LogP contribution in [0.4, 0.5) is 0 Å². The van der Waals surface area contributed by atoms with Gasteiger partial charge in [0.2, 0.25) is 5.91 Å². The Bertz CT molecular complexity index is 1180. The number of carbonyl (C=O) groups excluding carboxylic acids is 2. The molecule has 1 amide bonds. The van der Waals surface area contributed by atoms with E-state index >= 15 is 0 Å². The predicted molar refractivity (Wildman–Crippen MR) is 153 cm³/mol. The second-order valence-corrected chi connectivity index (χ2v) is 12.5. The number of amides is 1. The van der Waals surface area contributed by atoms with Gasteiger partial charge in [-0.25, -0.2) is 4.79 Å². The van der Waals surface area contributed by atoms with Crippen LogP contribution in [0.15, 0.2) is 0 Å². The second-order valence-electron chi connectivity index (χ2n) is 12.5. The first kappa shape index (κ1) is 40.5. The largest absolute Gasteiger partial charge is 0.479 e. The lowest BCUT2D eigenvalue weighted by Crippen LogP contribution is -2.70. The van der Waals surface area contributed by atoms with Crippen molar-refractivity contribution in [1.82, 2.24) is 5.32 Å². The van der Waals surface area contributed by atoms with Crippen molar-refractivity contribution < 1.29 is 103 Å². The van der Waals surface area contributed by atoms with Crippen LogP contribution in [0.3, 0.4) is 0 Å². The summed E-state index contributed by atoms with van der Waals surface area (Å²) in [7, 11) is 0. The minimum atomic E-state index is -2.12. The molecule has 0 aromatic carbocycles. The van der Waals surface area contributed by atoms with Gasteiger partial charge in [0.05, 0.1) is 18.8 Å². The molecule has 11 N–H and O–H groups in total. The van der Waals surface area contributed by atoms with Crippen molar-refractivity contribution in [2.24, 2.45) is 0 Å². The fourth-order valence-corrected chi connectivity index (χ4v) is 6.13. The van der Waals surface area contributed by atoms with Crippen molar-refractivity contribution >= 4 is 17.8 Å². The first-order chi connectivity index (χ1) is 23.4. The quantitative estimate of drug-likeness (QED) is 0.0930. The second kappa shape index (κ2) is 16.6. The van der Waals surface area contributed by atoms with E-state index < -0.39 is 147 Å². The van der Waals surface area contributed by atoms with Gasteiger partial charge in [0, 0.05) is 13.8 Å². The minimum absolute atomic E-state index is 0.798. The third kappa shape index (κ3) is 8.52. The zero-order valence-electron chi connectivity index (χ0n) is 27.2. The number of nitrogens with one attached hydrogen (secondary N) is 1. The van der Waals surface area contributed by atoms with Gasteiger partial charge >= 0.3 is 11.9 Å². The van der Waals surface area contributed by atoms with Crippen molar-refractivity contribution in [3.63, 3.8) is 0 Å². The van der Waals surface area contributed by atoms with Gasteiger partial charge in [-0.05, 0) is 13.8 Å². The van der Waals surface area contributed by atoms with Gasteiger partial charge in [0.25, 0.3) is 0 Å². The molecule has 0 radical (unpaired) electrons. The molecule has 0 aromatic heterocycles. The molecule has 4 heterocycles. The molecule has 0 spiro atoms. The molecule has 0 aromatic rings. The van der Waals surface area contributed by atoms with Gasteiger partial charge < -0.3 is 94.3 Å². The molecule has 4 fully saturated rings. The molecule has 0 bridgehead atoms. The van der Waals surface area contributed by atoms with Crippen molar-refractivity contribution in [1.29, 1.82) is 0 Å². The van der Waals surface area contributed by atoms with Crippen LogP contribution in [0.5, 0.6) is 0 Å². The topological polar surface area (TPSA) is 339 Å². The van der Waals surface area contributed by atoms with E-state index in [0.717, 1.165) is 13.8 Å². The minimum Gasteiger partial charge on any atom is -0.479 e. The number of hydrogen-bond acceptors (Lipinski definition) is 20. The van der Waals surface area contributed by atoms with Crippen LogP contribution in [0.1, 0.15) is 27.7 Å². The highest BCUT2D eigenvalue weighted by Gasteiger charge is 2.56. The number of esters is 1. The number of aliphatic hydroxyl groups excluding tert-OH is 9. The van der Waals surface area contributed by atoms with Crippen LogP contribution >= 0.6 is 0 Å². The van der Waals surface area contributed by atoms with Crippen molar-refractivity contribution in [2.45, 2.75) is 150 Å². The number of ether oxygens (including phenoxy) is 8. The Labute approximate surface area is 283 Å². The Balaban J connectivity index is 1.69. The summed E-state index contributed by atoms with van der Waals surface area (Å²) in [4.78, 5) is 35.9. The summed E-state index contributed by atoms with van der Waals surface area (Å²) in [5, 5.41) is 107. The lowest BCUT2D eigenvalue weighted by atomic mass is 9.94. The van der Waals surface area contributed by atoms with Gasteiger partial charge in [-0.2, -0.15) is 0 Å². The maximum Gasteiger partial charge on any atom is 0.335 e. The number of hydrogen-bond donors (Lipinski definition) is 11. The van der Waals surface area contributed by atoms with E-state index in [1.165, 1.54) is 13.8 Å².